The van der Waals surface area contributed by atoms with Crippen molar-refractivity contribution in [1.82, 2.24) is 29.5 Å². The largest absolute Gasteiger partial charge is 0.340 e. The van der Waals surface area contributed by atoms with Crippen LogP contribution < -0.4 is 0 Å². The van der Waals surface area contributed by atoms with Crippen LogP contribution in [-0.2, 0) is 11.3 Å². The van der Waals surface area contributed by atoms with E-state index in [0.29, 0.717) is 6.42 Å². The molecule has 7 nitrogen and oxygen atoms in total. The summed E-state index contributed by atoms with van der Waals surface area (Å²) in [5.74, 6) is 0.191. The molecule has 7 heteroatoms. The number of pyridine rings is 1. The Morgan fingerprint density at radius 1 is 1.17 bits per heavy atom. The molecule has 0 bridgehead atoms. The van der Waals surface area contributed by atoms with Gasteiger partial charge in [-0.25, -0.2) is 9.67 Å². The zero-order valence-electron chi connectivity index (χ0n) is 13.4. The van der Waals surface area contributed by atoms with Crippen molar-refractivity contribution in [2.45, 2.75) is 25.9 Å². The third-order valence-electron chi connectivity index (χ3n) is 4.24. The summed E-state index contributed by atoms with van der Waals surface area (Å²) in [6.07, 6.45) is 7.26. The van der Waals surface area contributed by atoms with Gasteiger partial charge in [-0.3, -0.25) is 14.7 Å². The van der Waals surface area contributed by atoms with Crippen molar-refractivity contribution in [3.8, 4) is 0 Å². The van der Waals surface area contributed by atoms with Gasteiger partial charge >= 0.3 is 0 Å². The van der Waals surface area contributed by atoms with E-state index >= 15 is 0 Å². The maximum atomic E-state index is 12.4. The van der Waals surface area contributed by atoms with Crippen molar-refractivity contribution >= 4 is 5.91 Å². The average Bonchev–Trinajstić information content (AvgIpc) is 3.11. The van der Waals surface area contributed by atoms with Gasteiger partial charge in [0.25, 0.3) is 0 Å². The van der Waals surface area contributed by atoms with Gasteiger partial charge in [-0.2, -0.15) is 5.10 Å². The van der Waals surface area contributed by atoms with Gasteiger partial charge in [0.1, 0.15) is 12.7 Å². The summed E-state index contributed by atoms with van der Waals surface area (Å²) < 4.78 is 1.73. The number of hydrogen-bond acceptors (Lipinski definition) is 5. The fourth-order valence-corrected chi connectivity index (χ4v) is 2.82. The number of carbonyl (C=O) groups excluding carboxylic acids is 1. The van der Waals surface area contributed by atoms with E-state index in [0.717, 1.165) is 32.7 Å². The number of aromatic nitrogens is 4. The van der Waals surface area contributed by atoms with E-state index in [4.69, 9.17) is 0 Å². The Hall–Kier alpha value is -2.28. The molecule has 3 rings (SSSR count). The topological polar surface area (TPSA) is 67.2 Å². The molecule has 0 spiro atoms. The molecule has 1 fully saturated rings. The van der Waals surface area contributed by atoms with Crippen molar-refractivity contribution in [3.05, 3.63) is 42.7 Å². The van der Waals surface area contributed by atoms with E-state index in [2.05, 4.69) is 20.0 Å². The van der Waals surface area contributed by atoms with E-state index in [-0.39, 0.29) is 11.9 Å². The van der Waals surface area contributed by atoms with Gasteiger partial charge in [0.05, 0.1) is 6.04 Å². The van der Waals surface area contributed by atoms with Crippen LogP contribution in [0.2, 0.25) is 0 Å². The summed E-state index contributed by atoms with van der Waals surface area (Å²) in [4.78, 5) is 24.7. The number of amides is 1. The Labute approximate surface area is 135 Å². The minimum absolute atomic E-state index is 0.0415. The molecular weight excluding hydrogens is 292 g/mol. The van der Waals surface area contributed by atoms with Crippen LogP contribution in [0.1, 0.15) is 24.9 Å². The van der Waals surface area contributed by atoms with Crippen molar-refractivity contribution in [3.63, 3.8) is 0 Å². The molecule has 1 aliphatic rings. The molecule has 1 unspecified atom stereocenters. The van der Waals surface area contributed by atoms with Gasteiger partial charge in [-0.1, -0.05) is 0 Å². The Morgan fingerprint density at radius 3 is 2.57 bits per heavy atom. The molecule has 1 atom stereocenters. The number of hydrogen-bond donors (Lipinski definition) is 0. The number of rotatable bonds is 5. The van der Waals surface area contributed by atoms with Crippen molar-refractivity contribution in [1.29, 1.82) is 0 Å². The Morgan fingerprint density at radius 2 is 1.91 bits per heavy atom. The molecular formula is C16H22N6O. The predicted octanol–water partition coefficient (Wildman–Crippen LogP) is 0.969. The fraction of sp³-hybridized carbons (Fsp3) is 0.500. The standard InChI is InChI=1S/C16H22N6O/c1-14(22-13-18-12-19-22)10-16(23)21-8-6-20(7-9-21)11-15-2-4-17-5-3-15/h2-5,12-14H,6-11H2,1H3. The van der Waals surface area contributed by atoms with Crippen LogP contribution in [0.5, 0.6) is 0 Å². The zero-order chi connectivity index (χ0) is 16.1. The van der Waals surface area contributed by atoms with Gasteiger partial charge in [-0.15, -0.1) is 0 Å². The highest BCUT2D eigenvalue weighted by Gasteiger charge is 2.22. The zero-order valence-corrected chi connectivity index (χ0v) is 13.4. The molecule has 0 aliphatic carbocycles. The maximum absolute atomic E-state index is 12.4. The first-order valence-electron chi connectivity index (χ1n) is 7.95. The van der Waals surface area contributed by atoms with E-state index in [9.17, 15) is 4.79 Å². The fourth-order valence-electron chi connectivity index (χ4n) is 2.82. The molecule has 0 aromatic carbocycles. The van der Waals surface area contributed by atoms with Gasteiger partial charge in [0.2, 0.25) is 5.91 Å². The van der Waals surface area contributed by atoms with Gasteiger partial charge in [0, 0.05) is 51.5 Å². The third kappa shape index (κ3) is 4.13. The van der Waals surface area contributed by atoms with Crippen LogP contribution in [0.3, 0.4) is 0 Å². The quantitative estimate of drug-likeness (QED) is 0.822. The summed E-state index contributed by atoms with van der Waals surface area (Å²) >= 11 is 0. The van der Waals surface area contributed by atoms with Gasteiger partial charge < -0.3 is 4.90 Å². The third-order valence-corrected chi connectivity index (χ3v) is 4.24. The number of nitrogens with zero attached hydrogens (tertiary/aromatic N) is 6. The summed E-state index contributed by atoms with van der Waals surface area (Å²) in [7, 11) is 0. The maximum Gasteiger partial charge on any atom is 0.224 e. The second-order valence-electron chi connectivity index (χ2n) is 5.94. The first-order valence-corrected chi connectivity index (χ1v) is 7.95. The second kappa shape index (κ2) is 7.32. The SMILES string of the molecule is CC(CC(=O)N1CCN(Cc2ccncc2)CC1)n1cncn1. The van der Waals surface area contributed by atoms with Crippen LogP contribution in [0.4, 0.5) is 0 Å². The summed E-state index contributed by atoms with van der Waals surface area (Å²) in [6.45, 7) is 6.30. The number of carbonyl (C=O) groups is 1. The molecule has 23 heavy (non-hydrogen) atoms. The van der Waals surface area contributed by atoms with Crippen molar-refractivity contribution in [2.24, 2.45) is 0 Å². The van der Waals surface area contributed by atoms with Crippen LogP contribution >= 0.6 is 0 Å². The minimum atomic E-state index is 0.0415. The molecule has 1 amide bonds. The second-order valence-corrected chi connectivity index (χ2v) is 5.94. The molecule has 3 heterocycles. The Balaban J connectivity index is 1.46. The van der Waals surface area contributed by atoms with Crippen LogP contribution in [-0.4, -0.2) is 61.6 Å². The van der Waals surface area contributed by atoms with E-state index in [1.54, 1.807) is 11.0 Å². The number of piperazine rings is 1. The molecule has 1 saturated heterocycles. The normalized spacial score (nSPS) is 17.2. The molecule has 0 saturated carbocycles. The lowest BCUT2D eigenvalue weighted by Crippen LogP contribution is -2.48. The van der Waals surface area contributed by atoms with Crippen molar-refractivity contribution < 1.29 is 4.79 Å². The average molecular weight is 314 g/mol. The molecule has 122 valence electrons. The first-order chi connectivity index (χ1) is 11.2. The first kappa shape index (κ1) is 15.6. The molecule has 2 aromatic heterocycles. The minimum Gasteiger partial charge on any atom is -0.340 e. The molecule has 1 aliphatic heterocycles. The molecule has 0 radical (unpaired) electrons. The van der Waals surface area contributed by atoms with E-state index < -0.39 is 0 Å². The Bertz CT molecular complexity index is 607. The molecule has 0 N–H and O–H groups in total. The molecule has 2 aromatic rings. The predicted molar refractivity (Wildman–Crippen MR) is 85.4 cm³/mol. The van der Waals surface area contributed by atoms with Gasteiger partial charge in [-0.05, 0) is 24.6 Å². The van der Waals surface area contributed by atoms with E-state index in [1.807, 2.05) is 36.4 Å². The summed E-state index contributed by atoms with van der Waals surface area (Å²) in [6, 6.07) is 4.12. The summed E-state index contributed by atoms with van der Waals surface area (Å²) in [5, 5.41) is 4.09. The Kier molecular flexibility index (Phi) is 4.97. The lowest BCUT2D eigenvalue weighted by Gasteiger charge is -2.35. The highest BCUT2D eigenvalue weighted by molar-refractivity contribution is 5.76. The van der Waals surface area contributed by atoms with E-state index in [1.165, 1.54) is 11.9 Å². The summed E-state index contributed by atoms with van der Waals surface area (Å²) in [5.41, 5.74) is 1.26. The van der Waals surface area contributed by atoms with Crippen LogP contribution in [0.15, 0.2) is 37.2 Å². The monoisotopic (exact) mass is 314 g/mol. The highest BCUT2D eigenvalue weighted by Crippen LogP contribution is 2.13. The highest BCUT2D eigenvalue weighted by atomic mass is 16.2. The van der Waals surface area contributed by atoms with Crippen molar-refractivity contribution in [2.75, 3.05) is 26.2 Å². The van der Waals surface area contributed by atoms with Crippen LogP contribution in [0.25, 0.3) is 0 Å². The smallest absolute Gasteiger partial charge is 0.224 e. The van der Waals surface area contributed by atoms with Gasteiger partial charge in [0.15, 0.2) is 0 Å². The lowest BCUT2D eigenvalue weighted by atomic mass is 10.2. The van der Waals surface area contributed by atoms with Crippen LogP contribution in [0, 0.1) is 0 Å². The lowest BCUT2D eigenvalue weighted by molar-refractivity contribution is -0.133.